The minimum absolute atomic E-state index is 0.174. The number of primary amides is 1. The molecule has 0 aliphatic rings. The fraction of sp³-hybridized carbons (Fsp3) is 0.100. The van der Waals surface area contributed by atoms with Crippen molar-refractivity contribution in [3.05, 3.63) is 64.2 Å². The molecule has 9 heteroatoms. The van der Waals surface area contributed by atoms with Gasteiger partial charge in [0.2, 0.25) is 5.91 Å². The van der Waals surface area contributed by atoms with Crippen molar-refractivity contribution in [2.24, 2.45) is 5.73 Å². The predicted molar refractivity (Wildman–Crippen MR) is 115 cm³/mol. The number of hydrogen-bond acceptors (Lipinski definition) is 6. The van der Waals surface area contributed by atoms with Gasteiger partial charge in [-0.05, 0) is 19.1 Å². The first-order valence-electron chi connectivity index (χ1n) is 8.73. The molecule has 0 radical (unpaired) electrons. The molecule has 0 fully saturated rings. The molecule has 0 bridgehead atoms. The first-order valence-corrected chi connectivity index (χ1v) is 10.5. The highest BCUT2D eigenvalue weighted by molar-refractivity contribution is 7.14. The summed E-state index contributed by atoms with van der Waals surface area (Å²) >= 11 is 2.83. The van der Waals surface area contributed by atoms with E-state index in [2.05, 4.69) is 26.3 Å². The largest absolute Gasteiger partial charge is 0.364 e. The summed E-state index contributed by atoms with van der Waals surface area (Å²) in [5.74, 6) is -0.716. The van der Waals surface area contributed by atoms with Gasteiger partial charge in [-0.15, -0.1) is 22.7 Å². The summed E-state index contributed by atoms with van der Waals surface area (Å²) in [6, 6.07) is 9.75. The number of H-pyrrole nitrogens is 1. The molecule has 3 aromatic heterocycles. The van der Waals surface area contributed by atoms with E-state index in [9.17, 15) is 9.59 Å². The average molecular weight is 424 g/mol. The minimum atomic E-state index is -0.534. The van der Waals surface area contributed by atoms with E-state index in [-0.39, 0.29) is 12.3 Å². The van der Waals surface area contributed by atoms with Crippen LogP contribution in [0.1, 0.15) is 21.7 Å². The second-order valence-corrected chi connectivity index (χ2v) is 8.16. The molecule has 1 aromatic carbocycles. The number of nitrogens with zero attached hydrogens (tertiary/aromatic N) is 2. The molecule has 4 rings (SSSR count). The second-order valence-electron chi connectivity index (χ2n) is 6.44. The third-order valence-corrected chi connectivity index (χ3v) is 5.85. The smallest absolute Gasteiger partial charge is 0.265 e. The standard InChI is InChI=1S/C20H17N5O2S2/c1-11-3-2-4-12(5-11)19-23-14(9-28-19)7-17(26)25-20-24-16(10-29-20)13-6-15(18(21)27)22-8-13/h2-6,8-10,22H,7H2,1H3,(H2,21,27)(H,24,25,26). The van der Waals surface area contributed by atoms with Gasteiger partial charge < -0.3 is 16.0 Å². The van der Waals surface area contributed by atoms with Gasteiger partial charge in [0.25, 0.3) is 5.91 Å². The Morgan fingerprint density at radius 1 is 1.14 bits per heavy atom. The van der Waals surface area contributed by atoms with Crippen LogP contribution in [0.15, 0.2) is 47.3 Å². The van der Waals surface area contributed by atoms with Gasteiger partial charge >= 0.3 is 0 Å². The van der Waals surface area contributed by atoms with Crippen molar-refractivity contribution in [2.75, 3.05) is 5.32 Å². The number of carbonyl (C=O) groups is 2. The Hall–Kier alpha value is -3.30. The van der Waals surface area contributed by atoms with Crippen molar-refractivity contribution in [1.29, 1.82) is 0 Å². The maximum atomic E-state index is 12.4. The monoisotopic (exact) mass is 423 g/mol. The molecule has 3 heterocycles. The number of nitrogens with two attached hydrogens (primary N) is 1. The van der Waals surface area contributed by atoms with E-state index in [1.807, 2.05) is 35.9 Å². The normalized spacial score (nSPS) is 10.8. The van der Waals surface area contributed by atoms with Gasteiger partial charge in [-0.25, -0.2) is 9.97 Å². The Morgan fingerprint density at radius 2 is 2.00 bits per heavy atom. The lowest BCUT2D eigenvalue weighted by Crippen LogP contribution is -2.14. The minimum Gasteiger partial charge on any atom is -0.364 e. The number of benzene rings is 1. The summed E-state index contributed by atoms with van der Waals surface area (Å²) in [5, 5.41) is 7.89. The summed E-state index contributed by atoms with van der Waals surface area (Å²) in [6.07, 6.45) is 1.83. The van der Waals surface area contributed by atoms with E-state index < -0.39 is 5.91 Å². The number of anilines is 1. The number of aryl methyl sites for hydroxylation is 1. The van der Waals surface area contributed by atoms with Gasteiger partial charge in [0.1, 0.15) is 10.7 Å². The molecule has 7 nitrogen and oxygen atoms in total. The van der Waals surface area contributed by atoms with Crippen molar-refractivity contribution in [2.45, 2.75) is 13.3 Å². The molecule has 0 aliphatic heterocycles. The first-order chi connectivity index (χ1) is 14.0. The summed E-state index contributed by atoms with van der Waals surface area (Å²) < 4.78 is 0. The molecule has 2 amide bonds. The third kappa shape index (κ3) is 4.41. The highest BCUT2D eigenvalue weighted by atomic mass is 32.1. The molecular formula is C20H17N5O2S2. The number of hydrogen-bond donors (Lipinski definition) is 3. The lowest BCUT2D eigenvalue weighted by Gasteiger charge is -2.00. The zero-order valence-corrected chi connectivity index (χ0v) is 17.1. The molecule has 29 heavy (non-hydrogen) atoms. The Kier molecular flexibility index (Phi) is 5.24. The van der Waals surface area contributed by atoms with E-state index in [4.69, 9.17) is 5.73 Å². The van der Waals surface area contributed by atoms with E-state index in [0.717, 1.165) is 21.8 Å². The summed E-state index contributed by atoms with van der Waals surface area (Å²) in [6.45, 7) is 2.04. The van der Waals surface area contributed by atoms with Crippen LogP contribution in [0.25, 0.3) is 21.8 Å². The van der Waals surface area contributed by atoms with Crippen molar-refractivity contribution >= 4 is 39.6 Å². The fourth-order valence-corrected chi connectivity index (χ4v) is 4.33. The lowest BCUT2D eigenvalue weighted by atomic mass is 10.1. The van der Waals surface area contributed by atoms with Crippen LogP contribution in [0.4, 0.5) is 5.13 Å². The first kappa shape index (κ1) is 19.0. The number of rotatable bonds is 6. The van der Waals surface area contributed by atoms with Crippen LogP contribution in [0.2, 0.25) is 0 Å². The molecule has 4 N–H and O–H groups in total. The Morgan fingerprint density at radius 3 is 2.76 bits per heavy atom. The van der Waals surface area contributed by atoms with Crippen molar-refractivity contribution in [3.8, 4) is 21.8 Å². The maximum absolute atomic E-state index is 12.4. The Labute approximate surface area is 174 Å². The van der Waals surface area contributed by atoms with Gasteiger partial charge in [0.15, 0.2) is 5.13 Å². The molecule has 0 spiro atoms. The fourth-order valence-electron chi connectivity index (χ4n) is 2.78. The van der Waals surface area contributed by atoms with Crippen molar-refractivity contribution in [1.82, 2.24) is 15.0 Å². The number of nitrogens with one attached hydrogen (secondary N) is 2. The Bertz CT molecular complexity index is 1190. The SMILES string of the molecule is Cc1cccc(-c2nc(CC(=O)Nc3nc(-c4c[nH]c(C(N)=O)c4)cs3)cs2)c1. The quantitative estimate of drug-likeness (QED) is 0.437. The van der Waals surface area contributed by atoms with Crippen LogP contribution in [0, 0.1) is 6.92 Å². The highest BCUT2D eigenvalue weighted by Crippen LogP contribution is 2.27. The molecule has 0 saturated carbocycles. The number of amides is 2. The molecule has 0 aliphatic carbocycles. The van der Waals surface area contributed by atoms with Crippen LogP contribution in [0.3, 0.4) is 0 Å². The highest BCUT2D eigenvalue weighted by Gasteiger charge is 2.13. The van der Waals surface area contributed by atoms with E-state index in [0.29, 0.717) is 16.5 Å². The van der Waals surface area contributed by atoms with Crippen LogP contribution in [-0.2, 0) is 11.2 Å². The molecule has 146 valence electrons. The van der Waals surface area contributed by atoms with E-state index in [1.54, 1.807) is 12.3 Å². The number of thiazole rings is 2. The zero-order chi connectivity index (χ0) is 20.4. The lowest BCUT2D eigenvalue weighted by molar-refractivity contribution is -0.115. The van der Waals surface area contributed by atoms with E-state index in [1.165, 1.54) is 28.2 Å². The zero-order valence-electron chi connectivity index (χ0n) is 15.4. The third-order valence-electron chi connectivity index (χ3n) is 4.15. The van der Waals surface area contributed by atoms with Gasteiger partial charge in [-0.1, -0.05) is 23.8 Å². The van der Waals surface area contributed by atoms with Gasteiger partial charge in [0, 0.05) is 28.1 Å². The molecule has 4 aromatic rings. The second kappa shape index (κ2) is 7.98. The van der Waals surface area contributed by atoms with Crippen LogP contribution < -0.4 is 11.1 Å². The average Bonchev–Trinajstić information content (AvgIpc) is 3.42. The topological polar surface area (TPSA) is 114 Å². The molecular weight excluding hydrogens is 406 g/mol. The van der Waals surface area contributed by atoms with Crippen molar-refractivity contribution in [3.63, 3.8) is 0 Å². The van der Waals surface area contributed by atoms with Crippen molar-refractivity contribution < 1.29 is 9.59 Å². The van der Waals surface area contributed by atoms with Gasteiger partial charge in [0.05, 0.1) is 17.8 Å². The summed E-state index contributed by atoms with van der Waals surface area (Å²) in [7, 11) is 0. The van der Waals surface area contributed by atoms with E-state index >= 15 is 0 Å². The maximum Gasteiger partial charge on any atom is 0.265 e. The Balaban J connectivity index is 1.40. The van der Waals surface area contributed by atoms with Crippen LogP contribution >= 0.6 is 22.7 Å². The molecule has 0 unspecified atom stereocenters. The number of aromatic amines is 1. The predicted octanol–water partition coefficient (Wildman–Crippen LogP) is 3.85. The van der Waals surface area contributed by atoms with Gasteiger partial charge in [-0.2, -0.15) is 0 Å². The van der Waals surface area contributed by atoms with Crippen LogP contribution in [-0.4, -0.2) is 26.8 Å². The van der Waals surface area contributed by atoms with Crippen LogP contribution in [0.5, 0.6) is 0 Å². The summed E-state index contributed by atoms with van der Waals surface area (Å²) in [5.41, 5.74) is 9.89. The molecule has 0 saturated heterocycles. The molecule has 0 atom stereocenters. The number of aromatic nitrogens is 3. The van der Waals surface area contributed by atoms with Gasteiger partial charge in [-0.3, -0.25) is 9.59 Å². The summed E-state index contributed by atoms with van der Waals surface area (Å²) in [4.78, 5) is 35.3. The number of carbonyl (C=O) groups excluding carboxylic acids is 2.